The molecule has 0 atom stereocenters. The molecule has 0 aromatic carbocycles. The predicted octanol–water partition coefficient (Wildman–Crippen LogP) is 2.58. The minimum absolute atomic E-state index is 0.395. The summed E-state index contributed by atoms with van der Waals surface area (Å²) in [5, 5.41) is 3.29. The first-order valence-electron chi connectivity index (χ1n) is 5.99. The molecule has 4 heteroatoms. The van der Waals surface area contributed by atoms with Gasteiger partial charge < -0.3 is 10.1 Å². The fourth-order valence-electron chi connectivity index (χ4n) is 2.55. The van der Waals surface area contributed by atoms with Crippen molar-refractivity contribution in [2.45, 2.75) is 27.7 Å². The maximum absolute atomic E-state index is 5.02. The quantitative estimate of drug-likeness (QED) is 0.871. The van der Waals surface area contributed by atoms with Crippen LogP contribution >= 0.6 is 0 Å². The molecule has 1 fully saturated rings. The van der Waals surface area contributed by atoms with E-state index in [-0.39, 0.29) is 0 Å². The summed E-state index contributed by atoms with van der Waals surface area (Å²) in [6, 6.07) is 0. The molecule has 1 N–H and O–H groups in total. The molecule has 0 spiro atoms. The maximum atomic E-state index is 5.02. The van der Waals surface area contributed by atoms with E-state index in [1.807, 2.05) is 0 Å². The summed E-state index contributed by atoms with van der Waals surface area (Å²) in [6.07, 6.45) is 3.36. The van der Waals surface area contributed by atoms with Gasteiger partial charge in [0.25, 0.3) is 0 Å². The van der Waals surface area contributed by atoms with Gasteiger partial charge in [-0.25, -0.2) is 9.97 Å². The molecule has 0 radical (unpaired) electrons. The van der Waals surface area contributed by atoms with Crippen LogP contribution in [-0.4, -0.2) is 23.6 Å². The van der Waals surface area contributed by atoms with Crippen molar-refractivity contribution in [2.75, 3.05) is 19.0 Å². The summed E-state index contributed by atoms with van der Waals surface area (Å²) >= 11 is 0. The van der Waals surface area contributed by atoms with Gasteiger partial charge in [0.15, 0.2) is 5.75 Å². The van der Waals surface area contributed by atoms with Gasteiger partial charge in [0.05, 0.1) is 19.5 Å². The van der Waals surface area contributed by atoms with Gasteiger partial charge in [-0.3, -0.25) is 0 Å². The molecule has 4 nitrogen and oxygen atoms in total. The third-order valence-corrected chi connectivity index (χ3v) is 4.65. The zero-order valence-electron chi connectivity index (χ0n) is 11.2. The smallest absolute Gasteiger partial charge is 0.222 e. The zero-order chi connectivity index (χ0) is 12.7. The number of nitrogens with zero attached hydrogens (tertiary/aromatic N) is 2. The Morgan fingerprint density at radius 1 is 1.18 bits per heavy atom. The van der Waals surface area contributed by atoms with Crippen molar-refractivity contribution in [3.63, 3.8) is 0 Å². The molecule has 1 aromatic rings. The van der Waals surface area contributed by atoms with Crippen LogP contribution in [0.1, 0.15) is 27.7 Å². The Morgan fingerprint density at radius 2 is 1.71 bits per heavy atom. The molecular weight excluding hydrogens is 214 g/mol. The van der Waals surface area contributed by atoms with Crippen molar-refractivity contribution < 1.29 is 4.74 Å². The zero-order valence-corrected chi connectivity index (χ0v) is 11.2. The molecule has 0 amide bonds. The van der Waals surface area contributed by atoms with Gasteiger partial charge in [0.2, 0.25) is 5.95 Å². The van der Waals surface area contributed by atoms with Gasteiger partial charge in [-0.15, -0.1) is 0 Å². The van der Waals surface area contributed by atoms with E-state index < -0.39 is 0 Å². The fraction of sp³-hybridized carbons (Fsp3) is 0.692. The number of nitrogens with one attached hydrogen (secondary N) is 1. The molecule has 1 heterocycles. The molecule has 1 saturated carbocycles. The number of methoxy groups -OCH3 is 1. The van der Waals surface area contributed by atoms with Crippen LogP contribution in [0.3, 0.4) is 0 Å². The van der Waals surface area contributed by atoms with Crippen LogP contribution in [0.15, 0.2) is 12.4 Å². The van der Waals surface area contributed by atoms with Gasteiger partial charge in [0, 0.05) is 6.54 Å². The largest absolute Gasteiger partial charge is 0.494 e. The van der Waals surface area contributed by atoms with E-state index in [0.29, 0.717) is 28.4 Å². The van der Waals surface area contributed by atoms with Crippen LogP contribution in [0.25, 0.3) is 0 Å². The molecule has 0 unspecified atom stereocenters. The minimum atomic E-state index is 0.395. The minimum Gasteiger partial charge on any atom is -0.494 e. The summed E-state index contributed by atoms with van der Waals surface area (Å²) in [5.74, 6) is 2.02. The van der Waals surface area contributed by atoms with Crippen LogP contribution in [0.4, 0.5) is 5.95 Å². The van der Waals surface area contributed by atoms with E-state index in [1.165, 1.54) is 0 Å². The number of rotatable bonds is 4. The standard InChI is InChI=1S/C13H21N3O/c1-12(2)10(13(12,3)4)8-16-11-14-6-9(17-5)7-15-11/h6-7,10H,8H2,1-5H3,(H,14,15,16). The van der Waals surface area contributed by atoms with E-state index in [4.69, 9.17) is 4.74 Å². The number of ether oxygens (including phenoxy) is 1. The molecule has 1 aromatic heterocycles. The summed E-state index contributed by atoms with van der Waals surface area (Å²) in [6.45, 7) is 10.2. The van der Waals surface area contributed by atoms with Crippen molar-refractivity contribution in [3.8, 4) is 5.75 Å². The Kier molecular flexibility index (Phi) is 2.76. The lowest BCUT2D eigenvalue weighted by Gasteiger charge is -2.06. The van der Waals surface area contributed by atoms with Gasteiger partial charge in [-0.1, -0.05) is 27.7 Å². The lowest BCUT2D eigenvalue weighted by Crippen LogP contribution is -2.10. The first-order valence-corrected chi connectivity index (χ1v) is 5.99. The number of anilines is 1. The van der Waals surface area contributed by atoms with E-state index >= 15 is 0 Å². The Morgan fingerprint density at radius 3 is 2.12 bits per heavy atom. The molecule has 1 aliphatic rings. The second-order valence-corrected chi connectivity index (χ2v) is 5.82. The number of hydrogen-bond acceptors (Lipinski definition) is 4. The van der Waals surface area contributed by atoms with E-state index in [2.05, 4.69) is 43.0 Å². The van der Waals surface area contributed by atoms with Gasteiger partial charge in [-0.05, 0) is 16.7 Å². The van der Waals surface area contributed by atoms with Crippen LogP contribution < -0.4 is 10.1 Å². The number of aromatic nitrogens is 2. The van der Waals surface area contributed by atoms with Crippen molar-refractivity contribution >= 4 is 5.95 Å². The second kappa shape index (κ2) is 3.86. The summed E-state index contributed by atoms with van der Waals surface area (Å²) in [5.41, 5.74) is 0.791. The highest BCUT2D eigenvalue weighted by atomic mass is 16.5. The normalized spacial score (nSPS) is 21.0. The summed E-state index contributed by atoms with van der Waals surface area (Å²) < 4.78 is 5.02. The average Bonchev–Trinajstić information content (AvgIpc) is 2.68. The third-order valence-electron chi connectivity index (χ3n) is 4.65. The molecule has 17 heavy (non-hydrogen) atoms. The lowest BCUT2D eigenvalue weighted by atomic mass is 10.0. The first-order chi connectivity index (χ1) is 7.89. The summed E-state index contributed by atoms with van der Waals surface area (Å²) in [4.78, 5) is 8.40. The fourth-order valence-corrected chi connectivity index (χ4v) is 2.55. The van der Waals surface area contributed by atoms with Crippen molar-refractivity contribution in [1.82, 2.24) is 9.97 Å². The van der Waals surface area contributed by atoms with Crippen LogP contribution in [-0.2, 0) is 0 Å². The molecule has 2 rings (SSSR count). The maximum Gasteiger partial charge on any atom is 0.222 e. The molecule has 0 aliphatic heterocycles. The first kappa shape index (κ1) is 12.1. The molecule has 94 valence electrons. The Hall–Kier alpha value is -1.32. The van der Waals surface area contributed by atoms with Crippen molar-refractivity contribution in [1.29, 1.82) is 0 Å². The Balaban J connectivity index is 1.91. The van der Waals surface area contributed by atoms with Crippen LogP contribution in [0.2, 0.25) is 0 Å². The van der Waals surface area contributed by atoms with Gasteiger partial charge in [-0.2, -0.15) is 0 Å². The van der Waals surface area contributed by atoms with Gasteiger partial charge in [0.1, 0.15) is 0 Å². The highest BCUT2D eigenvalue weighted by Crippen LogP contribution is 2.68. The third kappa shape index (κ3) is 1.96. The SMILES string of the molecule is COc1cnc(NCC2C(C)(C)C2(C)C)nc1. The Labute approximate surface area is 103 Å². The number of hydrogen-bond donors (Lipinski definition) is 1. The van der Waals surface area contributed by atoms with Gasteiger partial charge >= 0.3 is 0 Å². The van der Waals surface area contributed by atoms with Crippen LogP contribution in [0, 0.1) is 16.7 Å². The highest BCUT2D eigenvalue weighted by molar-refractivity contribution is 5.29. The topological polar surface area (TPSA) is 47.0 Å². The monoisotopic (exact) mass is 235 g/mol. The molecular formula is C13H21N3O. The van der Waals surface area contributed by atoms with E-state index in [1.54, 1.807) is 19.5 Å². The van der Waals surface area contributed by atoms with E-state index in [9.17, 15) is 0 Å². The van der Waals surface area contributed by atoms with Crippen molar-refractivity contribution in [2.24, 2.45) is 16.7 Å². The lowest BCUT2D eigenvalue weighted by molar-refractivity contribution is 0.411. The van der Waals surface area contributed by atoms with Crippen molar-refractivity contribution in [3.05, 3.63) is 12.4 Å². The molecule has 0 bridgehead atoms. The second-order valence-electron chi connectivity index (χ2n) is 5.82. The van der Waals surface area contributed by atoms with E-state index in [0.717, 1.165) is 6.54 Å². The Bertz CT molecular complexity index is 384. The molecule has 0 saturated heterocycles. The highest BCUT2D eigenvalue weighted by Gasteiger charge is 2.64. The average molecular weight is 235 g/mol. The molecule has 1 aliphatic carbocycles. The van der Waals surface area contributed by atoms with Crippen LogP contribution in [0.5, 0.6) is 5.75 Å². The predicted molar refractivity (Wildman–Crippen MR) is 68.1 cm³/mol. The summed E-state index contributed by atoms with van der Waals surface area (Å²) in [7, 11) is 1.61.